The molecule has 0 aliphatic heterocycles. The van der Waals surface area contributed by atoms with E-state index in [1.165, 1.54) is 32.7 Å². The van der Waals surface area contributed by atoms with E-state index >= 15 is 0 Å². The van der Waals surface area contributed by atoms with E-state index in [0.717, 1.165) is 33.4 Å². The van der Waals surface area contributed by atoms with E-state index in [0.29, 0.717) is 11.6 Å². The molecular formula is C41H26ClN3. The summed E-state index contributed by atoms with van der Waals surface area (Å²) in [6.45, 7) is 0. The number of nitrogens with zero attached hydrogens (tertiary/aromatic N) is 3. The van der Waals surface area contributed by atoms with Gasteiger partial charge in [-0.1, -0.05) is 146 Å². The van der Waals surface area contributed by atoms with Crippen LogP contribution in [0.1, 0.15) is 0 Å². The van der Waals surface area contributed by atoms with Crippen LogP contribution in [0.3, 0.4) is 0 Å². The summed E-state index contributed by atoms with van der Waals surface area (Å²) in [4.78, 5) is 14.0. The molecule has 0 atom stereocenters. The van der Waals surface area contributed by atoms with Crippen molar-refractivity contribution in [2.75, 3.05) is 0 Å². The summed E-state index contributed by atoms with van der Waals surface area (Å²) in [5.74, 6) is 1.07. The summed E-state index contributed by atoms with van der Waals surface area (Å²) in [5, 5.41) is 4.97. The Labute approximate surface area is 266 Å². The Hall–Kier alpha value is -5.64. The maximum absolute atomic E-state index is 6.53. The Balaban J connectivity index is 1.19. The zero-order valence-corrected chi connectivity index (χ0v) is 25.0. The lowest BCUT2D eigenvalue weighted by atomic mass is 9.92. The molecule has 0 amide bonds. The quantitative estimate of drug-likeness (QED) is 0.199. The van der Waals surface area contributed by atoms with Crippen LogP contribution in [0.5, 0.6) is 0 Å². The van der Waals surface area contributed by atoms with Crippen LogP contribution in [-0.4, -0.2) is 15.0 Å². The molecule has 0 unspecified atom stereocenters. The first-order valence-electron chi connectivity index (χ1n) is 14.9. The largest absolute Gasteiger partial charge is 0.226 e. The highest BCUT2D eigenvalue weighted by molar-refractivity contribution is 6.28. The molecule has 1 aromatic heterocycles. The second-order valence-corrected chi connectivity index (χ2v) is 11.4. The molecule has 4 heteroatoms. The van der Waals surface area contributed by atoms with Crippen molar-refractivity contribution in [1.29, 1.82) is 0 Å². The van der Waals surface area contributed by atoms with E-state index in [1.807, 2.05) is 30.3 Å². The molecule has 3 nitrogen and oxygen atoms in total. The first-order valence-corrected chi connectivity index (χ1v) is 15.3. The van der Waals surface area contributed by atoms with Crippen LogP contribution in [0.2, 0.25) is 5.28 Å². The van der Waals surface area contributed by atoms with E-state index < -0.39 is 0 Å². The second kappa shape index (κ2) is 11.5. The highest BCUT2D eigenvalue weighted by Gasteiger charge is 2.14. The van der Waals surface area contributed by atoms with Crippen LogP contribution in [0.25, 0.3) is 77.7 Å². The number of benzene rings is 7. The van der Waals surface area contributed by atoms with Gasteiger partial charge in [-0.25, -0.2) is 4.98 Å². The monoisotopic (exact) mass is 595 g/mol. The van der Waals surface area contributed by atoms with Crippen LogP contribution in [0, 0.1) is 0 Å². The predicted octanol–water partition coefficient (Wildman–Crippen LogP) is 11.2. The van der Waals surface area contributed by atoms with Gasteiger partial charge in [0.05, 0.1) is 0 Å². The number of hydrogen-bond acceptors (Lipinski definition) is 3. The second-order valence-electron chi connectivity index (χ2n) is 11.0. The van der Waals surface area contributed by atoms with Gasteiger partial charge < -0.3 is 0 Å². The van der Waals surface area contributed by atoms with Crippen LogP contribution in [0.15, 0.2) is 158 Å². The molecule has 0 saturated carbocycles. The zero-order valence-electron chi connectivity index (χ0n) is 24.2. The SMILES string of the molecule is Clc1nc(-c2cccc(-c3cccc4ccccc34)c2)nc(-c2cccc(-c3cccc4c(-c5ccccc5)cccc34)c2)n1. The highest BCUT2D eigenvalue weighted by atomic mass is 35.5. The molecule has 0 saturated heterocycles. The van der Waals surface area contributed by atoms with E-state index in [4.69, 9.17) is 16.6 Å². The molecule has 0 aliphatic carbocycles. The minimum Gasteiger partial charge on any atom is -0.208 e. The highest BCUT2D eigenvalue weighted by Crippen LogP contribution is 2.36. The molecule has 7 aromatic carbocycles. The third-order valence-electron chi connectivity index (χ3n) is 8.27. The Morgan fingerprint density at radius 2 is 0.756 bits per heavy atom. The van der Waals surface area contributed by atoms with E-state index in [2.05, 4.69) is 137 Å². The molecule has 45 heavy (non-hydrogen) atoms. The Bertz CT molecular complexity index is 2340. The van der Waals surface area contributed by atoms with Gasteiger partial charge in [-0.2, -0.15) is 9.97 Å². The summed E-state index contributed by atoms with van der Waals surface area (Å²) in [5.41, 5.74) is 8.65. The summed E-state index contributed by atoms with van der Waals surface area (Å²) >= 11 is 6.53. The lowest BCUT2D eigenvalue weighted by Gasteiger charge is -2.12. The van der Waals surface area contributed by atoms with Gasteiger partial charge >= 0.3 is 0 Å². The minimum atomic E-state index is 0.161. The summed E-state index contributed by atoms with van der Waals surface area (Å²) < 4.78 is 0. The van der Waals surface area contributed by atoms with Crippen LogP contribution >= 0.6 is 11.6 Å². The number of aromatic nitrogens is 3. The molecule has 0 bridgehead atoms. The molecule has 8 rings (SSSR count). The number of hydrogen-bond donors (Lipinski definition) is 0. The molecular weight excluding hydrogens is 570 g/mol. The van der Waals surface area contributed by atoms with Crippen LogP contribution < -0.4 is 0 Å². The van der Waals surface area contributed by atoms with E-state index in [1.54, 1.807) is 0 Å². The first-order chi connectivity index (χ1) is 22.2. The van der Waals surface area contributed by atoms with Crippen molar-refractivity contribution in [3.63, 3.8) is 0 Å². The third kappa shape index (κ3) is 5.14. The number of fused-ring (bicyclic) bond motifs is 2. The van der Waals surface area contributed by atoms with Crippen molar-refractivity contribution in [2.45, 2.75) is 0 Å². The molecule has 0 fully saturated rings. The first kappa shape index (κ1) is 26.9. The Morgan fingerprint density at radius 1 is 0.333 bits per heavy atom. The molecule has 212 valence electrons. The van der Waals surface area contributed by atoms with E-state index in [-0.39, 0.29) is 5.28 Å². The Morgan fingerprint density at radius 3 is 1.40 bits per heavy atom. The topological polar surface area (TPSA) is 38.7 Å². The van der Waals surface area contributed by atoms with Gasteiger partial charge in [0.25, 0.3) is 0 Å². The minimum absolute atomic E-state index is 0.161. The third-order valence-corrected chi connectivity index (χ3v) is 8.44. The molecule has 8 aromatic rings. The van der Waals surface area contributed by atoms with E-state index in [9.17, 15) is 0 Å². The van der Waals surface area contributed by atoms with Gasteiger partial charge in [0, 0.05) is 11.1 Å². The van der Waals surface area contributed by atoms with Crippen LogP contribution in [0.4, 0.5) is 0 Å². The van der Waals surface area contributed by atoms with Crippen molar-refractivity contribution >= 4 is 33.1 Å². The fourth-order valence-corrected chi connectivity index (χ4v) is 6.33. The van der Waals surface area contributed by atoms with Gasteiger partial charge in [-0.15, -0.1) is 0 Å². The zero-order chi connectivity index (χ0) is 30.2. The van der Waals surface area contributed by atoms with Crippen molar-refractivity contribution in [3.8, 4) is 56.2 Å². The molecule has 0 spiro atoms. The smallest absolute Gasteiger partial charge is 0.208 e. The molecule has 0 aliphatic rings. The average molecular weight is 596 g/mol. The maximum Gasteiger partial charge on any atom is 0.226 e. The average Bonchev–Trinajstić information content (AvgIpc) is 3.11. The van der Waals surface area contributed by atoms with Gasteiger partial charge in [-0.05, 0) is 78.7 Å². The number of halogens is 1. The van der Waals surface area contributed by atoms with Crippen molar-refractivity contribution in [1.82, 2.24) is 15.0 Å². The van der Waals surface area contributed by atoms with Gasteiger partial charge in [0.2, 0.25) is 5.28 Å². The van der Waals surface area contributed by atoms with Gasteiger partial charge in [0.1, 0.15) is 0 Å². The summed E-state index contributed by atoms with van der Waals surface area (Å²) in [7, 11) is 0. The van der Waals surface area contributed by atoms with Crippen molar-refractivity contribution in [3.05, 3.63) is 163 Å². The normalized spacial score (nSPS) is 11.2. The fourth-order valence-electron chi connectivity index (χ4n) is 6.17. The van der Waals surface area contributed by atoms with Crippen molar-refractivity contribution < 1.29 is 0 Å². The van der Waals surface area contributed by atoms with Crippen molar-refractivity contribution in [2.24, 2.45) is 0 Å². The fraction of sp³-hybridized carbons (Fsp3) is 0. The standard InChI is InChI=1S/C41H26ClN3/c42-41-44-39(31-17-6-15-29(25-31)35-20-8-14-28-13-4-5-19-33(28)35)43-40(45-41)32-18-7-16-30(26-32)36-22-10-23-37-34(21-9-24-38(36)37)27-11-2-1-3-12-27/h1-26H. The lowest BCUT2D eigenvalue weighted by Crippen LogP contribution is -1.97. The molecule has 1 heterocycles. The molecule has 0 radical (unpaired) electrons. The lowest BCUT2D eigenvalue weighted by molar-refractivity contribution is 1.07. The Kier molecular flexibility index (Phi) is 6.86. The summed E-state index contributed by atoms with van der Waals surface area (Å²) in [6, 6.07) is 54.9. The molecule has 0 N–H and O–H groups in total. The summed E-state index contributed by atoms with van der Waals surface area (Å²) in [6.07, 6.45) is 0. The van der Waals surface area contributed by atoms with Gasteiger partial charge in [-0.3, -0.25) is 0 Å². The van der Waals surface area contributed by atoms with Crippen LogP contribution in [-0.2, 0) is 0 Å². The predicted molar refractivity (Wildman–Crippen MR) is 187 cm³/mol. The number of rotatable bonds is 5. The van der Waals surface area contributed by atoms with Gasteiger partial charge in [0.15, 0.2) is 11.6 Å². The maximum atomic E-state index is 6.53.